The number of hydrogen-bond acceptors (Lipinski definition) is 5. The van der Waals surface area contributed by atoms with Crippen LogP contribution in [0.25, 0.3) is 66.4 Å². The molecule has 242 valence electrons. The minimum absolute atomic E-state index is 0.703. The van der Waals surface area contributed by atoms with Gasteiger partial charge in [-0.05, 0) is 84.5 Å². The van der Waals surface area contributed by atoms with E-state index in [1.54, 1.807) is 6.08 Å². The predicted molar refractivity (Wildman–Crippen MR) is 213 cm³/mol. The summed E-state index contributed by atoms with van der Waals surface area (Å²) >= 11 is 0. The van der Waals surface area contributed by atoms with E-state index >= 15 is 0 Å². The third-order valence-corrected chi connectivity index (χ3v) is 8.85. The summed E-state index contributed by atoms with van der Waals surface area (Å²) in [6.07, 6.45) is 10.2. The monoisotopic (exact) mass is 647 g/mol. The lowest BCUT2D eigenvalue weighted by Crippen LogP contribution is -1.99. The van der Waals surface area contributed by atoms with Crippen LogP contribution in [-0.2, 0) is 6.42 Å². The number of rotatable bonds is 7. The van der Waals surface area contributed by atoms with Crippen molar-refractivity contribution < 1.29 is 0 Å². The lowest BCUT2D eigenvalue weighted by atomic mass is 10.00. The first-order valence-electron chi connectivity index (χ1n) is 16.9. The van der Waals surface area contributed by atoms with Gasteiger partial charge in [-0.15, -0.1) is 6.58 Å². The third-order valence-electron chi connectivity index (χ3n) is 8.85. The SMILES string of the molecule is C=CCC.C=CN=C(C=C)c1ccc2cc(-c3ccc4nc(-c5ccc(-c6ccc7ccc8c(c7n6)N=CCC8)cc5)ccc4c3)ccc2n1. The van der Waals surface area contributed by atoms with Crippen LogP contribution < -0.4 is 0 Å². The van der Waals surface area contributed by atoms with E-state index in [0.29, 0.717) is 5.71 Å². The number of hydrogen-bond donors (Lipinski definition) is 0. The van der Waals surface area contributed by atoms with E-state index in [9.17, 15) is 0 Å². The highest BCUT2D eigenvalue weighted by molar-refractivity contribution is 6.08. The second kappa shape index (κ2) is 14.4. The van der Waals surface area contributed by atoms with Crippen LogP contribution in [0.15, 0.2) is 157 Å². The van der Waals surface area contributed by atoms with Crippen molar-refractivity contribution in [3.05, 3.63) is 159 Å². The van der Waals surface area contributed by atoms with Crippen molar-refractivity contribution in [3.8, 4) is 33.6 Å². The molecule has 0 amide bonds. The van der Waals surface area contributed by atoms with Gasteiger partial charge in [-0.25, -0.2) is 15.0 Å². The maximum Gasteiger partial charge on any atom is 0.0968 e. The molecule has 0 saturated carbocycles. The number of aliphatic imine (C=N–C) groups is 2. The van der Waals surface area contributed by atoms with Gasteiger partial charge in [-0.2, -0.15) is 0 Å². The second-order valence-corrected chi connectivity index (χ2v) is 12.1. The van der Waals surface area contributed by atoms with Gasteiger partial charge in [-0.1, -0.05) is 92.9 Å². The molecule has 0 radical (unpaired) electrons. The highest BCUT2D eigenvalue weighted by Crippen LogP contribution is 2.34. The van der Waals surface area contributed by atoms with Crippen molar-refractivity contribution in [1.29, 1.82) is 0 Å². The molecule has 1 aliphatic heterocycles. The molecule has 4 aromatic carbocycles. The Morgan fingerprint density at radius 2 is 1.24 bits per heavy atom. The van der Waals surface area contributed by atoms with Gasteiger partial charge in [0.05, 0.1) is 45.0 Å². The van der Waals surface area contributed by atoms with Crippen LogP contribution in [0.4, 0.5) is 5.69 Å². The number of pyridine rings is 3. The van der Waals surface area contributed by atoms with Crippen LogP contribution >= 0.6 is 0 Å². The van der Waals surface area contributed by atoms with Crippen molar-refractivity contribution in [2.45, 2.75) is 26.2 Å². The molecular formula is C45H37N5. The van der Waals surface area contributed by atoms with Crippen LogP contribution in [0.1, 0.15) is 31.0 Å². The van der Waals surface area contributed by atoms with Gasteiger partial charge in [-0.3, -0.25) is 9.98 Å². The van der Waals surface area contributed by atoms with Gasteiger partial charge in [0.2, 0.25) is 0 Å². The summed E-state index contributed by atoms with van der Waals surface area (Å²) in [6.45, 7) is 13.1. The second-order valence-electron chi connectivity index (χ2n) is 12.1. The zero-order chi connectivity index (χ0) is 34.5. The molecule has 7 aromatic rings. The number of nitrogens with zero attached hydrogens (tertiary/aromatic N) is 5. The summed E-state index contributed by atoms with van der Waals surface area (Å²) in [6, 6.07) is 38.1. The van der Waals surface area contributed by atoms with E-state index in [4.69, 9.17) is 15.0 Å². The van der Waals surface area contributed by atoms with Crippen LogP contribution in [0.5, 0.6) is 0 Å². The molecule has 0 aliphatic carbocycles. The Balaban J connectivity index is 0.000000932. The van der Waals surface area contributed by atoms with Gasteiger partial charge >= 0.3 is 0 Å². The van der Waals surface area contributed by atoms with Gasteiger partial charge < -0.3 is 0 Å². The van der Waals surface area contributed by atoms with Gasteiger partial charge in [0.15, 0.2) is 0 Å². The number of aromatic nitrogens is 3. The van der Waals surface area contributed by atoms with E-state index < -0.39 is 0 Å². The molecular weight excluding hydrogens is 611 g/mol. The van der Waals surface area contributed by atoms with Gasteiger partial charge in [0, 0.05) is 39.7 Å². The molecule has 5 heteroatoms. The zero-order valence-corrected chi connectivity index (χ0v) is 28.2. The summed E-state index contributed by atoms with van der Waals surface area (Å²) in [4.78, 5) is 23.7. The normalized spacial score (nSPS) is 12.3. The summed E-state index contributed by atoms with van der Waals surface area (Å²) in [5, 5.41) is 3.27. The Labute approximate surface area is 292 Å². The summed E-state index contributed by atoms with van der Waals surface area (Å²) in [5.41, 5.74) is 12.9. The maximum atomic E-state index is 5.03. The average Bonchev–Trinajstić information content (AvgIpc) is 3.19. The fourth-order valence-corrected chi connectivity index (χ4v) is 6.15. The molecule has 0 bridgehead atoms. The molecule has 50 heavy (non-hydrogen) atoms. The largest absolute Gasteiger partial charge is 0.259 e. The Kier molecular flexibility index (Phi) is 9.30. The molecule has 3 aromatic heterocycles. The summed E-state index contributed by atoms with van der Waals surface area (Å²) in [7, 11) is 0. The Morgan fingerprint density at radius 1 is 0.660 bits per heavy atom. The smallest absolute Gasteiger partial charge is 0.0968 e. The van der Waals surface area contributed by atoms with Crippen molar-refractivity contribution in [2.75, 3.05) is 0 Å². The summed E-state index contributed by atoms with van der Waals surface area (Å²) < 4.78 is 0. The third kappa shape index (κ3) is 6.54. The maximum absolute atomic E-state index is 5.03. The Hall–Kier alpha value is -6.33. The number of fused-ring (bicyclic) bond motifs is 5. The Morgan fingerprint density at radius 3 is 1.88 bits per heavy atom. The fourth-order valence-electron chi connectivity index (χ4n) is 6.15. The first-order valence-corrected chi connectivity index (χ1v) is 16.9. The quantitative estimate of drug-likeness (QED) is 0.128. The van der Waals surface area contributed by atoms with E-state index in [0.717, 1.165) is 97.0 Å². The molecule has 0 unspecified atom stereocenters. The van der Waals surface area contributed by atoms with E-state index in [1.807, 2.05) is 24.4 Å². The van der Waals surface area contributed by atoms with Crippen LogP contribution in [0.2, 0.25) is 0 Å². The summed E-state index contributed by atoms with van der Waals surface area (Å²) in [5.74, 6) is 0. The number of aryl methyl sites for hydroxylation is 1. The molecule has 0 N–H and O–H groups in total. The van der Waals surface area contributed by atoms with Crippen molar-refractivity contribution >= 4 is 50.3 Å². The van der Waals surface area contributed by atoms with E-state index in [2.05, 4.69) is 134 Å². The molecule has 0 atom stereocenters. The van der Waals surface area contributed by atoms with Crippen LogP contribution in [-0.4, -0.2) is 26.9 Å². The highest BCUT2D eigenvalue weighted by atomic mass is 14.8. The minimum Gasteiger partial charge on any atom is -0.259 e. The standard InChI is InChI=1S/C41H29N5.C4H8/c1-3-34(42-4-2)39-22-17-33-25-31(15-20-38(33)45-39)30-14-19-37-32(24-30)16-21-35(44-37)26-7-9-27(10-8-26)36-18-13-29-12-11-28-6-5-23-43-40(28)41(29)46-36;1-3-4-2/h3-4,7-25H,1-2,5-6H2;3H,1,4H2,2H3. The zero-order valence-electron chi connectivity index (χ0n) is 28.2. The fraction of sp³-hybridized carbons (Fsp3) is 0.0889. The number of allylic oxidation sites excluding steroid dienone is 2. The molecule has 0 fully saturated rings. The van der Waals surface area contributed by atoms with Gasteiger partial charge in [0.25, 0.3) is 0 Å². The van der Waals surface area contributed by atoms with Crippen LogP contribution in [0, 0.1) is 0 Å². The predicted octanol–water partition coefficient (Wildman–Crippen LogP) is 11.7. The molecule has 0 saturated heterocycles. The molecule has 1 aliphatic rings. The molecule has 4 heterocycles. The molecule has 5 nitrogen and oxygen atoms in total. The molecule has 0 spiro atoms. The molecule has 8 rings (SSSR count). The average molecular weight is 648 g/mol. The lowest BCUT2D eigenvalue weighted by molar-refractivity contribution is 1.03. The number of benzene rings is 4. The highest BCUT2D eigenvalue weighted by Gasteiger charge is 2.13. The lowest BCUT2D eigenvalue weighted by Gasteiger charge is -2.13. The van der Waals surface area contributed by atoms with Crippen molar-refractivity contribution in [3.63, 3.8) is 0 Å². The topological polar surface area (TPSA) is 63.4 Å². The van der Waals surface area contributed by atoms with E-state index in [-0.39, 0.29) is 0 Å². The Bertz CT molecular complexity index is 2470. The van der Waals surface area contributed by atoms with Crippen molar-refractivity contribution in [1.82, 2.24) is 15.0 Å². The first-order chi connectivity index (χ1) is 24.6. The van der Waals surface area contributed by atoms with Crippen LogP contribution in [0.3, 0.4) is 0 Å². The van der Waals surface area contributed by atoms with Crippen molar-refractivity contribution in [2.24, 2.45) is 9.98 Å². The van der Waals surface area contributed by atoms with Gasteiger partial charge in [0.1, 0.15) is 0 Å². The minimum atomic E-state index is 0.703. The first kappa shape index (κ1) is 32.2. The van der Waals surface area contributed by atoms with E-state index in [1.165, 1.54) is 11.8 Å².